The number of amides is 1. The molecule has 1 saturated carbocycles. The predicted molar refractivity (Wildman–Crippen MR) is 90.5 cm³/mol. The van der Waals surface area contributed by atoms with Crippen molar-refractivity contribution in [3.8, 4) is 11.3 Å². The molecule has 1 saturated heterocycles. The van der Waals surface area contributed by atoms with Crippen molar-refractivity contribution < 1.29 is 9.53 Å². The Morgan fingerprint density at radius 1 is 1.29 bits per heavy atom. The van der Waals surface area contributed by atoms with Gasteiger partial charge >= 0.3 is 0 Å². The van der Waals surface area contributed by atoms with E-state index in [0.717, 1.165) is 11.3 Å². The summed E-state index contributed by atoms with van der Waals surface area (Å²) in [5.74, 6) is 0.574. The first kappa shape index (κ1) is 15.3. The van der Waals surface area contributed by atoms with Crippen molar-refractivity contribution in [2.45, 2.75) is 25.3 Å². The topological polar surface area (TPSA) is 55.3 Å². The van der Waals surface area contributed by atoms with Crippen LogP contribution >= 0.6 is 0 Å². The molecule has 5 heteroatoms. The number of benzene rings is 1. The Morgan fingerprint density at radius 2 is 2.08 bits per heavy atom. The number of carbonyl (C=O) groups excluding carboxylic acids is 1. The van der Waals surface area contributed by atoms with Crippen molar-refractivity contribution in [3.05, 3.63) is 48.2 Å². The van der Waals surface area contributed by atoms with Gasteiger partial charge in [-0.3, -0.25) is 4.79 Å². The maximum absolute atomic E-state index is 13.1. The lowest BCUT2D eigenvalue weighted by Gasteiger charge is -2.45. The summed E-state index contributed by atoms with van der Waals surface area (Å²) in [7, 11) is 0. The van der Waals surface area contributed by atoms with E-state index in [-0.39, 0.29) is 11.4 Å². The lowest BCUT2D eigenvalue weighted by atomic mass is 9.92. The second kappa shape index (κ2) is 5.98. The first-order valence-corrected chi connectivity index (χ1v) is 8.46. The van der Waals surface area contributed by atoms with Crippen LogP contribution in [0.1, 0.15) is 30.1 Å². The third-order valence-electron chi connectivity index (χ3n) is 5.14. The van der Waals surface area contributed by atoms with Crippen LogP contribution in [-0.4, -0.2) is 46.3 Å². The van der Waals surface area contributed by atoms with Crippen molar-refractivity contribution in [3.63, 3.8) is 0 Å². The van der Waals surface area contributed by atoms with E-state index in [1.165, 1.54) is 12.8 Å². The van der Waals surface area contributed by atoms with Crippen LogP contribution in [-0.2, 0) is 4.74 Å². The first-order valence-electron chi connectivity index (χ1n) is 8.46. The molecular weight excluding hydrogens is 302 g/mol. The molecule has 1 aromatic heterocycles. The Hall–Kier alpha value is -2.27. The van der Waals surface area contributed by atoms with Gasteiger partial charge in [0.2, 0.25) is 0 Å². The highest BCUT2D eigenvalue weighted by atomic mass is 16.5. The standard InChI is InChI=1S/C19H21N3O2/c1-19(16-7-8-16)13-24-10-9-22(19)18(23)15-11-17(21-20-12-15)14-5-3-2-4-6-14/h2-6,11-12,16H,7-10,13H2,1H3. The summed E-state index contributed by atoms with van der Waals surface area (Å²) in [6.45, 7) is 3.99. The molecular formula is C19H21N3O2. The molecule has 1 aromatic carbocycles. The van der Waals surface area contributed by atoms with Crippen LogP contribution in [0, 0.1) is 5.92 Å². The van der Waals surface area contributed by atoms with Gasteiger partial charge in [-0.2, -0.15) is 10.2 Å². The van der Waals surface area contributed by atoms with Gasteiger partial charge in [0.1, 0.15) is 0 Å². The molecule has 5 nitrogen and oxygen atoms in total. The summed E-state index contributed by atoms with van der Waals surface area (Å²) in [6, 6.07) is 11.7. The largest absolute Gasteiger partial charge is 0.377 e. The minimum absolute atomic E-state index is 0.0276. The van der Waals surface area contributed by atoms with E-state index in [2.05, 4.69) is 17.1 Å². The fourth-order valence-electron chi connectivity index (χ4n) is 3.53. The van der Waals surface area contributed by atoms with E-state index in [1.54, 1.807) is 6.20 Å². The molecule has 0 bridgehead atoms. The minimum atomic E-state index is -0.203. The van der Waals surface area contributed by atoms with E-state index in [1.807, 2.05) is 41.3 Å². The summed E-state index contributed by atoms with van der Waals surface area (Å²) in [5, 5.41) is 8.23. The zero-order valence-corrected chi connectivity index (χ0v) is 13.8. The molecule has 0 radical (unpaired) electrons. The molecule has 124 valence electrons. The molecule has 2 fully saturated rings. The van der Waals surface area contributed by atoms with Crippen LogP contribution in [0.5, 0.6) is 0 Å². The fraction of sp³-hybridized carbons (Fsp3) is 0.421. The van der Waals surface area contributed by atoms with E-state index in [0.29, 0.717) is 31.2 Å². The summed E-state index contributed by atoms with van der Waals surface area (Å²) in [4.78, 5) is 15.1. The van der Waals surface area contributed by atoms with Gasteiger partial charge in [0.05, 0.1) is 36.2 Å². The average Bonchev–Trinajstić information content (AvgIpc) is 3.48. The maximum Gasteiger partial charge on any atom is 0.256 e. The molecule has 2 aromatic rings. The van der Waals surface area contributed by atoms with Gasteiger partial charge in [-0.15, -0.1) is 0 Å². The van der Waals surface area contributed by atoms with Gasteiger partial charge < -0.3 is 9.64 Å². The number of morpholine rings is 1. The van der Waals surface area contributed by atoms with Crippen LogP contribution in [0.4, 0.5) is 0 Å². The molecule has 2 heterocycles. The van der Waals surface area contributed by atoms with Crippen molar-refractivity contribution in [2.75, 3.05) is 19.8 Å². The van der Waals surface area contributed by atoms with Crippen molar-refractivity contribution in [1.29, 1.82) is 0 Å². The van der Waals surface area contributed by atoms with E-state index in [4.69, 9.17) is 4.74 Å². The molecule has 0 spiro atoms. The normalized spacial score (nSPS) is 24.0. The second-order valence-corrected chi connectivity index (χ2v) is 6.84. The highest BCUT2D eigenvalue weighted by Crippen LogP contribution is 2.44. The van der Waals surface area contributed by atoms with Crippen LogP contribution in [0.25, 0.3) is 11.3 Å². The Bertz CT molecular complexity index is 745. The highest BCUT2D eigenvalue weighted by Gasteiger charge is 2.49. The van der Waals surface area contributed by atoms with Gasteiger partial charge in [-0.25, -0.2) is 0 Å². The number of nitrogens with zero attached hydrogens (tertiary/aromatic N) is 3. The van der Waals surface area contributed by atoms with E-state index in [9.17, 15) is 4.79 Å². The lowest BCUT2D eigenvalue weighted by molar-refractivity contribution is -0.0547. The Morgan fingerprint density at radius 3 is 2.83 bits per heavy atom. The Labute approximate surface area is 141 Å². The van der Waals surface area contributed by atoms with Crippen LogP contribution < -0.4 is 0 Å². The molecule has 1 amide bonds. The number of rotatable bonds is 3. The maximum atomic E-state index is 13.1. The first-order chi connectivity index (χ1) is 11.7. The average molecular weight is 323 g/mol. The molecule has 1 aliphatic heterocycles. The van der Waals surface area contributed by atoms with Gasteiger partial charge in [0, 0.05) is 12.1 Å². The summed E-state index contributed by atoms with van der Waals surface area (Å²) < 4.78 is 5.67. The van der Waals surface area contributed by atoms with Crippen molar-refractivity contribution in [1.82, 2.24) is 15.1 Å². The van der Waals surface area contributed by atoms with Gasteiger partial charge in [0.25, 0.3) is 5.91 Å². The fourth-order valence-corrected chi connectivity index (χ4v) is 3.53. The molecule has 2 aliphatic rings. The molecule has 1 aliphatic carbocycles. The van der Waals surface area contributed by atoms with Crippen LogP contribution in [0.2, 0.25) is 0 Å². The summed E-state index contributed by atoms with van der Waals surface area (Å²) in [5.41, 5.74) is 2.08. The molecule has 1 atom stereocenters. The van der Waals surface area contributed by atoms with E-state index >= 15 is 0 Å². The Kier molecular flexibility index (Phi) is 3.81. The zero-order valence-electron chi connectivity index (χ0n) is 13.8. The minimum Gasteiger partial charge on any atom is -0.377 e. The van der Waals surface area contributed by atoms with Crippen molar-refractivity contribution in [2.24, 2.45) is 5.92 Å². The van der Waals surface area contributed by atoms with E-state index < -0.39 is 0 Å². The third-order valence-corrected chi connectivity index (χ3v) is 5.14. The summed E-state index contributed by atoms with van der Waals surface area (Å²) >= 11 is 0. The van der Waals surface area contributed by atoms with Gasteiger partial charge in [0.15, 0.2) is 0 Å². The molecule has 0 N–H and O–H groups in total. The van der Waals surface area contributed by atoms with Crippen LogP contribution in [0.3, 0.4) is 0 Å². The summed E-state index contributed by atoms with van der Waals surface area (Å²) in [6.07, 6.45) is 3.92. The SMILES string of the molecule is CC1(C2CC2)COCCN1C(=O)c1cnnc(-c2ccccc2)c1. The predicted octanol–water partition coefficient (Wildman–Crippen LogP) is 2.78. The molecule has 1 unspecified atom stereocenters. The zero-order chi connectivity index (χ0) is 16.6. The van der Waals surface area contributed by atoms with Crippen molar-refractivity contribution >= 4 is 5.91 Å². The third kappa shape index (κ3) is 2.69. The highest BCUT2D eigenvalue weighted by molar-refractivity contribution is 5.95. The van der Waals surface area contributed by atoms with Gasteiger partial charge in [-0.1, -0.05) is 30.3 Å². The quantitative estimate of drug-likeness (QED) is 0.871. The smallest absolute Gasteiger partial charge is 0.256 e. The van der Waals surface area contributed by atoms with Crippen LogP contribution in [0.15, 0.2) is 42.6 Å². The Balaban J connectivity index is 1.64. The lowest BCUT2D eigenvalue weighted by Crippen LogP contribution is -2.58. The second-order valence-electron chi connectivity index (χ2n) is 6.84. The number of carbonyl (C=O) groups is 1. The molecule has 24 heavy (non-hydrogen) atoms. The number of hydrogen-bond acceptors (Lipinski definition) is 4. The number of ether oxygens (including phenoxy) is 1. The monoisotopic (exact) mass is 323 g/mol. The number of hydrogen-bond donors (Lipinski definition) is 0. The number of aromatic nitrogens is 2. The molecule has 4 rings (SSSR count). The van der Waals surface area contributed by atoms with Gasteiger partial charge in [-0.05, 0) is 31.7 Å².